The molecule has 1 atom stereocenters. The number of rotatable bonds is 3. The molecule has 2 aromatic carbocycles. The van der Waals surface area contributed by atoms with Crippen molar-refractivity contribution in [2.24, 2.45) is 5.73 Å². The van der Waals surface area contributed by atoms with Crippen LogP contribution in [0.3, 0.4) is 0 Å². The Morgan fingerprint density at radius 2 is 1.86 bits per heavy atom. The van der Waals surface area contributed by atoms with Gasteiger partial charge in [-0.3, -0.25) is 0 Å². The summed E-state index contributed by atoms with van der Waals surface area (Å²) in [5.41, 5.74) is 9.54. The summed E-state index contributed by atoms with van der Waals surface area (Å²) in [5.74, 6) is 0.219. The van der Waals surface area contributed by atoms with E-state index in [1.807, 2.05) is 6.07 Å². The molecule has 0 aromatic heterocycles. The molecule has 0 saturated heterocycles. The van der Waals surface area contributed by atoms with Crippen LogP contribution in [0, 0.1) is 5.82 Å². The van der Waals surface area contributed by atoms with Crippen molar-refractivity contribution in [1.29, 1.82) is 0 Å². The van der Waals surface area contributed by atoms with Gasteiger partial charge in [-0.1, -0.05) is 30.3 Å². The summed E-state index contributed by atoms with van der Waals surface area (Å²) in [6.07, 6.45) is 3.48. The van der Waals surface area contributed by atoms with Crippen molar-refractivity contribution >= 4 is 0 Å². The minimum atomic E-state index is -0.157. The van der Waals surface area contributed by atoms with Crippen LogP contribution >= 0.6 is 0 Å². The van der Waals surface area contributed by atoms with Gasteiger partial charge in [0.25, 0.3) is 0 Å². The number of halogens is 1. The Bertz CT molecular complexity index is 612. The van der Waals surface area contributed by atoms with Crippen LogP contribution in [0.25, 0.3) is 0 Å². The van der Waals surface area contributed by atoms with Crippen molar-refractivity contribution in [3.63, 3.8) is 0 Å². The van der Waals surface area contributed by atoms with Gasteiger partial charge in [0.2, 0.25) is 0 Å². The first-order chi connectivity index (χ1) is 10.8. The number of nitrogens with two attached hydrogens (primary N) is 1. The van der Waals surface area contributed by atoms with Gasteiger partial charge in [0.15, 0.2) is 0 Å². The lowest BCUT2D eigenvalue weighted by Crippen LogP contribution is -2.05. The lowest BCUT2D eigenvalue weighted by atomic mass is 9.88. The molecule has 0 fully saturated rings. The number of benzene rings is 2. The van der Waals surface area contributed by atoms with Gasteiger partial charge in [0.05, 0.1) is 0 Å². The highest BCUT2D eigenvalue weighted by atomic mass is 19.1. The molecule has 0 saturated carbocycles. The first-order valence-corrected chi connectivity index (χ1v) is 7.81. The smallest absolute Gasteiger partial charge is 0.123 e. The molecule has 2 aromatic rings. The molecule has 3 heteroatoms. The maximum Gasteiger partial charge on any atom is 0.123 e. The molecule has 1 aliphatic carbocycles. The van der Waals surface area contributed by atoms with Crippen LogP contribution in [0.15, 0.2) is 42.5 Å². The van der Waals surface area contributed by atoms with E-state index >= 15 is 0 Å². The monoisotopic (exact) mass is 301 g/mol. The van der Waals surface area contributed by atoms with Crippen LogP contribution in [0.4, 0.5) is 4.39 Å². The molecule has 0 amide bonds. The van der Waals surface area contributed by atoms with E-state index < -0.39 is 0 Å². The fraction of sp³-hybridized carbons (Fsp3) is 0.368. The second kappa shape index (κ2) is 8.06. The Kier molecular flexibility index (Phi) is 6.10. The van der Waals surface area contributed by atoms with Gasteiger partial charge in [-0.15, -0.1) is 0 Å². The van der Waals surface area contributed by atoms with E-state index in [2.05, 4.69) is 30.0 Å². The number of aliphatic hydroxyl groups excluding tert-OH is 1. The quantitative estimate of drug-likeness (QED) is 0.912. The third-order valence-electron chi connectivity index (χ3n) is 4.22. The van der Waals surface area contributed by atoms with Gasteiger partial charge in [0, 0.05) is 6.61 Å². The molecule has 0 aliphatic heterocycles. The summed E-state index contributed by atoms with van der Waals surface area (Å²) >= 11 is 0. The summed E-state index contributed by atoms with van der Waals surface area (Å²) in [5, 5.41) is 9.09. The molecule has 3 N–H and O–H groups in total. The molecule has 0 spiro atoms. The summed E-state index contributed by atoms with van der Waals surface area (Å²) < 4.78 is 13.5. The van der Waals surface area contributed by atoms with E-state index in [-0.39, 0.29) is 12.4 Å². The van der Waals surface area contributed by atoms with E-state index in [9.17, 15) is 4.39 Å². The van der Waals surface area contributed by atoms with Crippen LogP contribution in [-0.2, 0) is 12.8 Å². The highest BCUT2D eigenvalue weighted by Crippen LogP contribution is 2.34. The molecular formula is C19H24FNO. The van der Waals surface area contributed by atoms with Gasteiger partial charge < -0.3 is 10.8 Å². The third kappa shape index (κ3) is 3.73. The number of fused-ring (bicyclic) bond motifs is 2. The zero-order valence-corrected chi connectivity index (χ0v) is 13.1. The molecule has 118 valence electrons. The summed E-state index contributed by atoms with van der Waals surface area (Å²) in [4.78, 5) is 0. The second-order valence-corrected chi connectivity index (χ2v) is 5.56. The summed E-state index contributed by atoms with van der Waals surface area (Å²) in [6, 6.07) is 13.6. The average Bonchev–Trinajstić information content (AvgIpc) is 2.71. The predicted molar refractivity (Wildman–Crippen MR) is 88.5 cm³/mol. The largest absolute Gasteiger partial charge is 0.396 e. The Balaban J connectivity index is 0.000000847. The highest BCUT2D eigenvalue weighted by molar-refractivity contribution is 5.42. The number of hydrogen-bond donors (Lipinski definition) is 2. The zero-order chi connectivity index (χ0) is 15.9. The van der Waals surface area contributed by atoms with Crippen molar-refractivity contribution < 1.29 is 9.50 Å². The van der Waals surface area contributed by atoms with Gasteiger partial charge in [-0.05, 0) is 73.0 Å². The molecule has 2 nitrogen and oxygen atoms in total. The SMILES string of the molecule is CN.OCCC[C@H]1Cc2cc(F)ccc2Cc2ccccc21. The van der Waals surface area contributed by atoms with Crippen LogP contribution in [-0.4, -0.2) is 18.8 Å². The lowest BCUT2D eigenvalue weighted by molar-refractivity contribution is 0.279. The average molecular weight is 301 g/mol. The molecule has 0 bridgehead atoms. The maximum atomic E-state index is 13.5. The minimum Gasteiger partial charge on any atom is -0.396 e. The Labute approximate surface area is 131 Å². The van der Waals surface area contributed by atoms with Gasteiger partial charge in [-0.25, -0.2) is 4.39 Å². The Morgan fingerprint density at radius 3 is 2.64 bits per heavy atom. The fourth-order valence-electron chi connectivity index (χ4n) is 3.23. The molecular weight excluding hydrogens is 277 g/mol. The summed E-state index contributed by atoms with van der Waals surface area (Å²) in [6.45, 7) is 0.217. The van der Waals surface area contributed by atoms with Crippen molar-refractivity contribution in [3.8, 4) is 0 Å². The molecule has 0 heterocycles. The van der Waals surface area contributed by atoms with E-state index in [1.54, 1.807) is 12.1 Å². The normalized spacial score (nSPS) is 15.9. The van der Waals surface area contributed by atoms with Crippen LogP contribution in [0.5, 0.6) is 0 Å². The van der Waals surface area contributed by atoms with Crippen molar-refractivity contribution in [2.45, 2.75) is 31.6 Å². The van der Waals surface area contributed by atoms with Gasteiger partial charge in [0.1, 0.15) is 5.82 Å². The molecule has 0 radical (unpaired) electrons. The third-order valence-corrected chi connectivity index (χ3v) is 4.22. The second-order valence-electron chi connectivity index (χ2n) is 5.56. The highest BCUT2D eigenvalue weighted by Gasteiger charge is 2.21. The van der Waals surface area contributed by atoms with Gasteiger partial charge >= 0.3 is 0 Å². The zero-order valence-electron chi connectivity index (χ0n) is 13.1. The molecule has 22 heavy (non-hydrogen) atoms. The summed E-state index contributed by atoms with van der Waals surface area (Å²) in [7, 11) is 1.50. The van der Waals surface area contributed by atoms with Crippen molar-refractivity contribution in [3.05, 3.63) is 70.5 Å². The predicted octanol–water partition coefficient (Wildman–Crippen LogP) is 3.40. The van der Waals surface area contributed by atoms with Crippen LogP contribution in [0.1, 0.15) is 41.0 Å². The van der Waals surface area contributed by atoms with E-state index in [1.165, 1.54) is 23.7 Å². The minimum absolute atomic E-state index is 0.157. The van der Waals surface area contributed by atoms with E-state index in [0.717, 1.165) is 31.2 Å². The lowest BCUT2D eigenvalue weighted by Gasteiger charge is -2.17. The number of hydrogen-bond acceptors (Lipinski definition) is 2. The first-order valence-electron chi connectivity index (χ1n) is 7.81. The maximum absolute atomic E-state index is 13.5. The fourth-order valence-corrected chi connectivity index (χ4v) is 3.23. The standard InChI is InChI=1S/C18H19FO.CH5N/c19-17-8-7-13-10-14-4-1-2-6-18(14)15(5-3-9-20)11-16(13)12-17;1-2/h1-2,4,6-8,12,15,20H,3,5,9-11H2;2H2,1H3/t15-;/m0./s1. The first kappa shape index (κ1) is 16.7. The molecule has 1 aliphatic rings. The van der Waals surface area contributed by atoms with Crippen molar-refractivity contribution in [1.82, 2.24) is 0 Å². The topological polar surface area (TPSA) is 46.2 Å². The van der Waals surface area contributed by atoms with Crippen LogP contribution < -0.4 is 5.73 Å². The van der Waals surface area contributed by atoms with E-state index in [0.29, 0.717) is 5.92 Å². The van der Waals surface area contributed by atoms with Crippen LogP contribution in [0.2, 0.25) is 0 Å². The Morgan fingerprint density at radius 1 is 1.09 bits per heavy atom. The molecule has 0 unspecified atom stereocenters. The number of aliphatic hydroxyl groups is 1. The Hall–Kier alpha value is -1.71. The molecule has 3 rings (SSSR count). The van der Waals surface area contributed by atoms with Gasteiger partial charge in [-0.2, -0.15) is 0 Å². The van der Waals surface area contributed by atoms with Crippen molar-refractivity contribution in [2.75, 3.05) is 13.7 Å². The van der Waals surface area contributed by atoms with E-state index in [4.69, 9.17) is 5.11 Å².